The van der Waals surface area contributed by atoms with Gasteiger partial charge in [-0.3, -0.25) is 4.79 Å². The van der Waals surface area contributed by atoms with Crippen LogP contribution in [0.15, 0.2) is 41.0 Å². The van der Waals surface area contributed by atoms with E-state index in [-0.39, 0.29) is 47.3 Å². The van der Waals surface area contributed by atoms with Crippen molar-refractivity contribution < 1.29 is 28.5 Å². The number of carbonyl (C=O) groups is 2. The Hall–Kier alpha value is -3.47. The summed E-state index contributed by atoms with van der Waals surface area (Å²) in [5.74, 6) is -1.14. The van der Waals surface area contributed by atoms with E-state index in [1.807, 2.05) is 6.07 Å². The Bertz CT molecular complexity index is 894. The lowest BCUT2D eigenvalue weighted by atomic mass is 9.83. The van der Waals surface area contributed by atoms with E-state index in [0.717, 1.165) is 0 Å². The third-order valence-electron chi connectivity index (χ3n) is 4.13. The number of hydrogen-bond acceptors (Lipinski definition) is 8. The Morgan fingerprint density at radius 2 is 2.00 bits per heavy atom. The number of hydrogen-bond donors (Lipinski definition) is 1. The maximum atomic E-state index is 12.5. The molecule has 1 unspecified atom stereocenters. The summed E-state index contributed by atoms with van der Waals surface area (Å²) in [6, 6.07) is 6.77. The Balaban J connectivity index is 2.59. The molecule has 0 spiro atoms. The molecule has 1 aromatic carbocycles. The zero-order valence-electron chi connectivity index (χ0n) is 16.2. The highest BCUT2D eigenvalue weighted by molar-refractivity contribution is 5.92. The van der Waals surface area contributed by atoms with Gasteiger partial charge >= 0.3 is 11.9 Å². The number of methoxy groups -OCH3 is 1. The standard InChI is InChI=1S/C20H22N2O6/c1-5-16(23)28-14-8-7-12(9-15(14)25-4)18-13(10-21)19(22)27-11(3)17(18)20(24)26-6-2/h7-9,18H,5-6,22H2,1-4H3. The minimum absolute atomic E-state index is 0.0778. The maximum absolute atomic E-state index is 12.5. The molecule has 1 aliphatic heterocycles. The van der Waals surface area contributed by atoms with Gasteiger partial charge in [-0.25, -0.2) is 4.79 Å². The number of carbonyl (C=O) groups excluding carboxylic acids is 2. The van der Waals surface area contributed by atoms with Crippen molar-refractivity contribution in [2.24, 2.45) is 5.73 Å². The first-order valence-corrected chi connectivity index (χ1v) is 8.71. The van der Waals surface area contributed by atoms with E-state index < -0.39 is 17.9 Å². The minimum atomic E-state index is -0.803. The highest BCUT2D eigenvalue weighted by Crippen LogP contribution is 2.42. The first kappa shape index (κ1) is 20.8. The molecule has 0 aliphatic carbocycles. The molecule has 148 valence electrons. The smallest absolute Gasteiger partial charge is 0.338 e. The molecule has 0 radical (unpaired) electrons. The van der Waals surface area contributed by atoms with Gasteiger partial charge in [-0.05, 0) is 31.5 Å². The highest BCUT2D eigenvalue weighted by atomic mass is 16.6. The monoisotopic (exact) mass is 386 g/mol. The highest BCUT2D eigenvalue weighted by Gasteiger charge is 2.36. The quantitative estimate of drug-likeness (QED) is 0.585. The molecule has 1 atom stereocenters. The van der Waals surface area contributed by atoms with Gasteiger partial charge in [0, 0.05) is 6.42 Å². The van der Waals surface area contributed by atoms with E-state index >= 15 is 0 Å². The summed E-state index contributed by atoms with van der Waals surface area (Å²) in [6.45, 7) is 5.10. The van der Waals surface area contributed by atoms with Gasteiger partial charge < -0.3 is 24.7 Å². The normalized spacial score (nSPS) is 16.2. The average molecular weight is 386 g/mol. The SMILES string of the molecule is CCOC(=O)C1=C(C)OC(N)=C(C#N)C1c1ccc(OC(=O)CC)c(OC)c1. The molecule has 1 aliphatic rings. The lowest BCUT2D eigenvalue weighted by molar-refractivity contribution is -0.139. The number of nitriles is 1. The predicted molar refractivity (Wildman–Crippen MR) is 98.9 cm³/mol. The zero-order chi connectivity index (χ0) is 20.8. The summed E-state index contributed by atoms with van der Waals surface area (Å²) in [6.07, 6.45) is 0.206. The van der Waals surface area contributed by atoms with Crippen LogP contribution in [0.4, 0.5) is 0 Å². The average Bonchev–Trinajstić information content (AvgIpc) is 2.67. The largest absolute Gasteiger partial charge is 0.493 e. The van der Waals surface area contributed by atoms with Crippen molar-refractivity contribution in [1.29, 1.82) is 5.26 Å². The van der Waals surface area contributed by atoms with E-state index in [0.29, 0.717) is 5.56 Å². The van der Waals surface area contributed by atoms with E-state index in [9.17, 15) is 14.9 Å². The second kappa shape index (κ2) is 8.95. The summed E-state index contributed by atoms with van der Waals surface area (Å²) in [5.41, 5.74) is 6.67. The van der Waals surface area contributed by atoms with Crippen LogP contribution in [-0.4, -0.2) is 25.7 Å². The van der Waals surface area contributed by atoms with E-state index in [4.69, 9.17) is 24.7 Å². The van der Waals surface area contributed by atoms with Gasteiger partial charge in [-0.1, -0.05) is 13.0 Å². The second-order valence-corrected chi connectivity index (χ2v) is 5.85. The number of benzene rings is 1. The van der Waals surface area contributed by atoms with Crippen molar-refractivity contribution in [1.82, 2.24) is 0 Å². The van der Waals surface area contributed by atoms with Gasteiger partial charge in [0.1, 0.15) is 17.4 Å². The van der Waals surface area contributed by atoms with E-state index in [1.54, 1.807) is 39.0 Å². The molecule has 0 saturated carbocycles. The van der Waals surface area contributed by atoms with Gasteiger partial charge in [-0.2, -0.15) is 5.26 Å². The fourth-order valence-electron chi connectivity index (χ4n) is 2.83. The van der Waals surface area contributed by atoms with E-state index in [1.165, 1.54) is 7.11 Å². The van der Waals surface area contributed by atoms with Gasteiger partial charge in [-0.15, -0.1) is 0 Å². The topological polar surface area (TPSA) is 121 Å². The van der Waals surface area contributed by atoms with Gasteiger partial charge in [0.05, 0.1) is 25.2 Å². The lowest BCUT2D eigenvalue weighted by Crippen LogP contribution is -2.25. The molecular formula is C20H22N2O6. The summed E-state index contributed by atoms with van der Waals surface area (Å²) >= 11 is 0. The van der Waals surface area contributed by atoms with Crippen LogP contribution in [0.5, 0.6) is 11.5 Å². The molecule has 0 bridgehead atoms. The van der Waals surface area contributed by atoms with Crippen molar-refractivity contribution in [2.75, 3.05) is 13.7 Å². The minimum Gasteiger partial charge on any atom is -0.493 e. The van der Waals surface area contributed by atoms with Crippen molar-refractivity contribution in [2.45, 2.75) is 33.1 Å². The Labute approximate surface area is 163 Å². The van der Waals surface area contributed by atoms with Crippen LogP contribution in [0.2, 0.25) is 0 Å². The first-order valence-electron chi connectivity index (χ1n) is 8.71. The second-order valence-electron chi connectivity index (χ2n) is 5.85. The number of nitrogens with two attached hydrogens (primary N) is 1. The fourth-order valence-corrected chi connectivity index (χ4v) is 2.83. The van der Waals surface area contributed by atoms with Crippen LogP contribution in [0.1, 0.15) is 38.7 Å². The zero-order valence-corrected chi connectivity index (χ0v) is 16.2. The van der Waals surface area contributed by atoms with Crippen LogP contribution in [0.25, 0.3) is 0 Å². The maximum Gasteiger partial charge on any atom is 0.338 e. The molecule has 2 rings (SSSR count). The Kier molecular flexibility index (Phi) is 6.66. The van der Waals surface area contributed by atoms with Gasteiger partial charge in [0.15, 0.2) is 11.5 Å². The summed E-state index contributed by atoms with van der Waals surface area (Å²) in [4.78, 5) is 24.1. The number of ether oxygens (including phenoxy) is 4. The molecule has 0 fully saturated rings. The third-order valence-corrected chi connectivity index (χ3v) is 4.13. The molecule has 1 aromatic rings. The predicted octanol–water partition coefficient (Wildman–Crippen LogP) is 2.66. The third kappa shape index (κ3) is 4.09. The van der Waals surface area contributed by atoms with Crippen LogP contribution >= 0.6 is 0 Å². The lowest BCUT2D eigenvalue weighted by Gasteiger charge is -2.27. The molecule has 0 aromatic heterocycles. The summed E-state index contributed by atoms with van der Waals surface area (Å²) in [5, 5.41) is 9.60. The Morgan fingerprint density at radius 1 is 1.29 bits per heavy atom. The Morgan fingerprint density at radius 3 is 2.57 bits per heavy atom. The molecular weight excluding hydrogens is 364 g/mol. The molecule has 8 nitrogen and oxygen atoms in total. The van der Waals surface area contributed by atoms with Crippen LogP contribution < -0.4 is 15.2 Å². The van der Waals surface area contributed by atoms with Crippen LogP contribution in [-0.2, 0) is 19.1 Å². The van der Waals surface area contributed by atoms with Crippen molar-refractivity contribution >= 4 is 11.9 Å². The van der Waals surface area contributed by atoms with Crippen molar-refractivity contribution in [3.05, 3.63) is 46.6 Å². The van der Waals surface area contributed by atoms with Crippen molar-refractivity contribution in [3.8, 4) is 17.6 Å². The number of allylic oxidation sites excluding steroid dienone is 2. The number of rotatable bonds is 6. The summed E-state index contributed by atoms with van der Waals surface area (Å²) < 4.78 is 21.1. The number of esters is 2. The summed E-state index contributed by atoms with van der Waals surface area (Å²) in [7, 11) is 1.43. The van der Waals surface area contributed by atoms with Crippen LogP contribution in [0, 0.1) is 11.3 Å². The van der Waals surface area contributed by atoms with Crippen molar-refractivity contribution in [3.63, 3.8) is 0 Å². The van der Waals surface area contributed by atoms with Crippen LogP contribution in [0.3, 0.4) is 0 Å². The van der Waals surface area contributed by atoms with Gasteiger partial charge in [0.25, 0.3) is 0 Å². The molecule has 0 saturated heterocycles. The molecule has 28 heavy (non-hydrogen) atoms. The van der Waals surface area contributed by atoms with Gasteiger partial charge in [0.2, 0.25) is 5.88 Å². The first-order chi connectivity index (χ1) is 13.4. The fraction of sp³-hybridized carbons (Fsp3) is 0.350. The molecule has 0 amide bonds. The molecule has 1 heterocycles. The molecule has 8 heteroatoms. The molecule has 2 N–H and O–H groups in total. The van der Waals surface area contributed by atoms with E-state index in [2.05, 4.69) is 0 Å². The number of nitrogens with zero attached hydrogens (tertiary/aromatic N) is 1.